The lowest BCUT2D eigenvalue weighted by molar-refractivity contribution is 0.0906. The van der Waals surface area contributed by atoms with Gasteiger partial charge in [0.25, 0.3) is 0 Å². The highest BCUT2D eigenvalue weighted by atomic mass is 127. The number of nitrogens with one attached hydrogen (secondary N) is 1. The van der Waals surface area contributed by atoms with Crippen LogP contribution in [-0.4, -0.2) is 57.8 Å². The predicted molar refractivity (Wildman–Crippen MR) is 140 cm³/mol. The van der Waals surface area contributed by atoms with Gasteiger partial charge < -0.3 is 15.0 Å². The molecule has 1 heterocycles. The van der Waals surface area contributed by atoms with Crippen LogP contribution in [0.4, 0.5) is 0 Å². The van der Waals surface area contributed by atoms with Crippen LogP contribution in [0.25, 0.3) is 0 Å². The molecule has 2 aromatic carbocycles. The number of benzene rings is 2. The van der Waals surface area contributed by atoms with Crippen molar-refractivity contribution in [2.75, 3.05) is 32.5 Å². The van der Waals surface area contributed by atoms with Crippen molar-refractivity contribution in [3.05, 3.63) is 66.2 Å². The quantitative estimate of drug-likeness (QED) is 0.280. The number of nitrogens with zero attached hydrogens (tertiary/aromatic N) is 2. The van der Waals surface area contributed by atoms with E-state index < -0.39 is 9.84 Å². The maximum atomic E-state index is 12.8. The molecule has 176 valence electrons. The molecule has 0 saturated carbocycles. The van der Waals surface area contributed by atoms with Gasteiger partial charge >= 0.3 is 0 Å². The molecule has 0 spiro atoms. The fourth-order valence-corrected chi connectivity index (χ4v) is 5.42. The first-order valence-corrected chi connectivity index (χ1v) is 12.5. The lowest BCUT2D eigenvalue weighted by atomic mass is 10.1. The number of rotatable bonds is 9. The average molecular weight is 572 g/mol. The molecule has 2 atom stereocenters. The summed E-state index contributed by atoms with van der Waals surface area (Å²) < 4.78 is 31.5. The van der Waals surface area contributed by atoms with Gasteiger partial charge in [0.15, 0.2) is 15.8 Å². The van der Waals surface area contributed by atoms with Crippen molar-refractivity contribution < 1.29 is 13.2 Å². The maximum absolute atomic E-state index is 12.8. The molecule has 0 aliphatic carbocycles. The van der Waals surface area contributed by atoms with Crippen LogP contribution in [0.1, 0.15) is 25.3 Å². The molecule has 2 aromatic rings. The lowest BCUT2D eigenvalue weighted by Crippen LogP contribution is -2.47. The third-order valence-corrected chi connectivity index (χ3v) is 7.44. The second kappa shape index (κ2) is 13.2. The summed E-state index contributed by atoms with van der Waals surface area (Å²) in [4.78, 5) is 6.98. The highest BCUT2D eigenvalue weighted by molar-refractivity contribution is 14.0. The molecule has 1 saturated heterocycles. The highest BCUT2D eigenvalue weighted by Crippen LogP contribution is 2.18. The van der Waals surface area contributed by atoms with Crippen molar-refractivity contribution in [1.82, 2.24) is 10.2 Å². The van der Waals surface area contributed by atoms with Gasteiger partial charge in [-0.1, -0.05) is 55.5 Å². The van der Waals surface area contributed by atoms with Crippen molar-refractivity contribution in [3.8, 4) is 0 Å². The number of likely N-dealkylation sites (tertiary alicyclic amines) is 1. The Bertz CT molecular complexity index is 939. The maximum Gasteiger partial charge on any atom is 0.193 e. The van der Waals surface area contributed by atoms with Crippen molar-refractivity contribution in [3.63, 3.8) is 0 Å². The van der Waals surface area contributed by atoms with Gasteiger partial charge in [-0.3, -0.25) is 4.99 Å². The van der Waals surface area contributed by atoms with Gasteiger partial charge in [-0.2, -0.15) is 0 Å². The van der Waals surface area contributed by atoms with Gasteiger partial charge in [0.1, 0.15) is 0 Å². The molecule has 1 fully saturated rings. The largest absolute Gasteiger partial charge is 0.376 e. The average Bonchev–Trinajstić information content (AvgIpc) is 3.26. The molecular formula is C24H34IN3O3S. The van der Waals surface area contributed by atoms with Gasteiger partial charge in [-0.15, -0.1) is 24.0 Å². The zero-order valence-electron chi connectivity index (χ0n) is 18.8. The van der Waals surface area contributed by atoms with E-state index in [1.165, 1.54) is 5.56 Å². The van der Waals surface area contributed by atoms with Gasteiger partial charge in [-0.05, 0) is 30.5 Å². The van der Waals surface area contributed by atoms with Crippen molar-refractivity contribution in [2.24, 2.45) is 10.9 Å². The summed E-state index contributed by atoms with van der Waals surface area (Å²) in [6, 6.07) is 18.6. The number of hydrogen-bond acceptors (Lipinski definition) is 4. The van der Waals surface area contributed by atoms with Gasteiger partial charge in [-0.25, -0.2) is 8.42 Å². The number of hydrogen-bond donors (Lipinski definition) is 1. The molecule has 3 rings (SSSR count). The molecule has 1 aliphatic heterocycles. The summed E-state index contributed by atoms with van der Waals surface area (Å²) in [7, 11) is -1.60. The Balaban J connectivity index is 0.00000363. The van der Waals surface area contributed by atoms with Crippen molar-refractivity contribution >= 4 is 39.8 Å². The first-order valence-electron chi connectivity index (χ1n) is 10.9. The first-order chi connectivity index (χ1) is 15.0. The lowest BCUT2D eigenvalue weighted by Gasteiger charge is -2.26. The van der Waals surface area contributed by atoms with Crippen molar-refractivity contribution in [1.29, 1.82) is 0 Å². The van der Waals surface area contributed by atoms with E-state index >= 15 is 0 Å². The van der Waals surface area contributed by atoms with Crippen LogP contribution >= 0.6 is 24.0 Å². The molecule has 2 unspecified atom stereocenters. The van der Waals surface area contributed by atoms with Gasteiger partial charge in [0.05, 0.1) is 23.9 Å². The van der Waals surface area contributed by atoms with E-state index in [0.717, 1.165) is 25.5 Å². The number of sulfone groups is 1. The smallest absolute Gasteiger partial charge is 0.193 e. The summed E-state index contributed by atoms with van der Waals surface area (Å²) in [5, 5.41) is 3.38. The SMILES string of the molecule is CCC(CS(=O)(=O)c1ccccc1)NC(=NC)N1CCC(COCc2ccccc2)C1.I. The Labute approximate surface area is 209 Å². The normalized spacial score (nSPS) is 17.6. The summed E-state index contributed by atoms with van der Waals surface area (Å²) in [5.41, 5.74) is 1.18. The summed E-state index contributed by atoms with van der Waals surface area (Å²) in [6.07, 6.45) is 1.73. The summed E-state index contributed by atoms with van der Waals surface area (Å²) in [6.45, 7) is 5.08. The van der Waals surface area contributed by atoms with Crippen molar-refractivity contribution in [2.45, 2.75) is 37.3 Å². The van der Waals surface area contributed by atoms with Crippen LogP contribution in [0.5, 0.6) is 0 Å². The Kier molecular flexibility index (Phi) is 10.9. The fourth-order valence-electron chi connectivity index (χ4n) is 3.81. The zero-order chi connectivity index (χ0) is 22.1. The molecule has 32 heavy (non-hydrogen) atoms. The third kappa shape index (κ3) is 7.74. The first kappa shape index (κ1) is 26.6. The van der Waals surface area contributed by atoms with E-state index in [9.17, 15) is 8.42 Å². The topological polar surface area (TPSA) is 71.0 Å². The molecule has 1 N–H and O–H groups in total. The molecule has 8 heteroatoms. The van der Waals surface area contributed by atoms with Crippen LogP contribution < -0.4 is 5.32 Å². The molecular weight excluding hydrogens is 537 g/mol. The molecule has 6 nitrogen and oxygen atoms in total. The Morgan fingerprint density at radius 2 is 1.81 bits per heavy atom. The third-order valence-electron chi connectivity index (χ3n) is 5.61. The van der Waals surface area contributed by atoms with Crippen LogP contribution in [-0.2, 0) is 21.2 Å². The number of aliphatic imine (C=N–C) groups is 1. The molecule has 0 bridgehead atoms. The Morgan fingerprint density at radius 3 is 2.44 bits per heavy atom. The van der Waals surface area contributed by atoms with E-state index in [0.29, 0.717) is 30.4 Å². The monoisotopic (exact) mass is 571 g/mol. The van der Waals surface area contributed by atoms with Crippen LogP contribution in [0.3, 0.4) is 0 Å². The number of guanidine groups is 1. The molecule has 1 aliphatic rings. The predicted octanol–water partition coefficient (Wildman–Crippen LogP) is 3.97. The van der Waals surface area contributed by atoms with Crippen LogP contribution in [0.15, 0.2) is 70.6 Å². The minimum atomic E-state index is -3.35. The standard InChI is InChI=1S/C24H33N3O3S.HI/c1-3-22(19-31(28,29)23-12-8-5-9-13-23)26-24(25-2)27-15-14-21(16-27)18-30-17-20-10-6-4-7-11-20;/h4-13,21-22H,3,14-19H2,1-2H3,(H,25,26);1H. The number of ether oxygens (including phenoxy) is 1. The fraction of sp³-hybridized carbons (Fsp3) is 0.458. The summed E-state index contributed by atoms with van der Waals surface area (Å²) in [5.74, 6) is 1.25. The molecule has 0 aromatic heterocycles. The van der Waals surface area contributed by atoms with Gasteiger partial charge in [0.2, 0.25) is 0 Å². The van der Waals surface area contributed by atoms with Gasteiger partial charge in [0, 0.05) is 32.1 Å². The van der Waals surface area contributed by atoms with Crippen LogP contribution in [0, 0.1) is 5.92 Å². The van der Waals surface area contributed by atoms with E-state index in [4.69, 9.17) is 4.74 Å². The molecule has 0 amide bonds. The summed E-state index contributed by atoms with van der Waals surface area (Å²) >= 11 is 0. The van der Waals surface area contributed by atoms with E-state index in [1.807, 2.05) is 31.2 Å². The Morgan fingerprint density at radius 1 is 1.16 bits per heavy atom. The van der Waals surface area contributed by atoms with E-state index in [1.54, 1.807) is 31.3 Å². The number of halogens is 1. The zero-order valence-corrected chi connectivity index (χ0v) is 22.0. The minimum absolute atomic E-state index is 0. The van der Waals surface area contributed by atoms with E-state index in [-0.39, 0.29) is 35.8 Å². The second-order valence-corrected chi connectivity index (χ2v) is 10.0. The second-order valence-electron chi connectivity index (χ2n) is 7.99. The minimum Gasteiger partial charge on any atom is -0.376 e. The molecule has 0 radical (unpaired) electrons. The van der Waals surface area contributed by atoms with Crippen LogP contribution in [0.2, 0.25) is 0 Å². The Hall–Kier alpha value is -1.65. The van der Waals surface area contributed by atoms with E-state index in [2.05, 4.69) is 27.3 Å². The highest BCUT2D eigenvalue weighted by Gasteiger charge is 2.27.